The molecule has 0 saturated carbocycles. The molecule has 1 unspecified atom stereocenters. The fraction of sp³-hybridized carbons (Fsp3) is 0.956. The lowest BCUT2D eigenvalue weighted by atomic mass is 10.0. The second-order valence-corrected chi connectivity index (χ2v) is 15.6. The number of carboxylic acid groups (broad SMARTS) is 1. The van der Waals surface area contributed by atoms with Gasteiger partial charge in [0.05, 0.1) is 0 Å². The van der Waals surface area contributed by atoms with Crippen LogP contribution in [0, 0.1) is 0 Å². The van der Waals surface area contributed by atoms with Crippen LogP contribution < -0.4 is 0 Å². The number of hydrogen-bond donors (Lipinski definition) is 1. The fourth-order valence-corrected chi connectivity index (χ4v) is 7.25. The number of carboxylic acids is 1. The van der Waals surface area contributed by atoms with E-state index >= 15 is 0 Å². The third kappa shape index (κ3) is 41.2. The summed E-state index contributed by atoms with van der Waals surface area (Å²) in [6.07, 6.45) is 49.9. The topological polar surface area (TPSA) is 63.6 Å². The highest BCUT2D eigenvalue weighted by molar-refractivity contribution is 5.69. The SMILES string of the molecule is CCCCCCCCCCCCCCCCCCCC(=O)OC(CCCCCCCCCCCCCCCC)CCCCCCCC(=O)O. The fourth-order valence-electron chi connectivity index (χ4n) is 7.25. The van der Waals surface area contributed by atoms with Crippen molar-refractivity contribution in [1.82, 2.24) is 0 Å². The van der Waals surface area contributed by atoms with Crippen LogP contribution in [0.15, 0.2) is 0 Å². The molecule has 0 aromatic rings. The molecule has 0 aromatic heterocycles. The van der Waals surface area contributed by atoms with Crippen LogP contribution >= 0.6 is 0 Å². The van der Waals surface area contributed by atoms with E-state index in [0.29, 0.717) is 6.42 Å². The first-order valence-corrected chi connectivity index (χ1v) is 22.5. The van der Waals surface area contributed by atoms with E-state index in [1.54, 1.807) is 0 Å². The van der Waals surface area contributed by atoms with Crippen LogP contribution in [0.3, 0.4) is 0 Å². The number of aliphatic carboxylic acids is 1. The molecular weight excluding hydrogens is 604 g/mol. The van der Waals surface area contributed by atoms with Gasteiger partial charge in [0.1, 0.15) is 6.10 Å². The number of carbonyl (C=O) groups is 2. The Morgan fingerprint density at radius 1 is 0.367 bits per heavy atom. The summed E-state index contributed by atoms with van der Waals surface area (Å²) in [5.74, 6) is -0.683. The second kappa shape index (κ2) is 41.4. The Balaban J connectivity index is 3.93. The number of carbonyl (C=O) groups excluding carboxylic acids is 1. The molecule has 0 aromatic carbocycles. The van der Waals surface area contributed by atoms with Gasteiger partial charge in [0.25, 0.3) is 0 Å². The van der Waals surface area contributed by atoms with Crippen LogP contribution in [0.4, 0.5) is 0 Å². The summed E-state index contributed by atoms with van der Waals surface area (Å²) in [5.41, 5.74) is 0. The smallest absolute Gasteiger partial charge is 0.306 e. The van der Waals surface area contributed by atoms with Crippen molar-refractivity contribution >= 4 is 11.9 Å². The molecule has 1 atom stereocenters. The predicted molar refractivity (Wildman–Crippen MR) is 214 cm³/mol. The standard InChI is InChI=1S/C45H88O4/c1-3-5-7-9-11-13-15-17-19-20-21-23-25-27-29-34-38-42-45(48)49-43(40-36-32-30-33-37-41-44(46)47)39-35-31-28-26-24-22-18-16-14-12-10-8-6-4-2/h43H,3-42H2,1-2H3,(H,46,47). The normalized spacial score (nSPS) is 12.0. The van der Waals surface area contributed by atoms with E-state index in [2.05, 4.69) is 13.8 Å². The first kappa shape index (κ1) is 47.9. The number of rotatable bonds is 42. The molecule has 0 aliphatic carbocycles. The molecule has 0 radical (unpaired) electrons. The molecule has 0 fully saturated rings. The summed E-state index contributed by atoms with van der Waals surface area (Å²) in [6, 6.07) is 0. The van der Waals surface area contributed by atoms with Crippen LogP contribution in [0.5, 0.6) is 0 Å². The predicted octanol–water partition coefficient (Wildman–Crippen LogP) is 15.6. The van der Waals surface area contributed by atoms with Gasteiger partial charge in [-0.3, -0.25) is 9.59 Å². The molecule has 0 amide bonds. The number of unbranched alkanes of at least 4 members (excludes halogenated alkanes) is 33. The average molecular weight is 693 g/mol. The molecule has 0 saturated heterocycles. The molecule has 0 aliphatic heterocycles. The maximum atomic E-state index is 12.7. The van der Waals surface area contributed by atoms with Crippen LogP contribution in [0.25, 0.3) is 0 Å². The molecule has 4 heteroatoms. The second-order valence-electron chi connectivity index (χ2n) is 15.6. The van der Waals surface area contributed by atoms with E-state index in [4.69, 9.17) is 9.84 Å². The number of hydrogen-bond acceptors (Lipinski definition) is 3. The van der Waals surface area contributed by atoms with Crippen LogP contribution in [0.1, 0.15) is 271 Å². The van der Waals surface area contributed by atoms with Gasteiger partial charge in [0.15, 0.2) is 0 Å². The maximum Gasteiger partial charge on any atom is 0.306 e. The van der Waals surface area contributed by atoms with Crippen molar-refractivity contribution in [1.29, 1.82) is 0 Å². The van der Waals surface area contributed by atoms with Crippen molar-refractivity contribution in [3.05, 3.63) is 0 Å². The van der Waals surface area contributed by atoms with E-state index in [9.17, 15) is 9.59 Å². The van der Waals surface area contributed by atoms with Crippen molar-refractivity contribution in [2.45, 2.75) is 277 Å². The zero-order valence-electron chi connectivity index (χ0n) is 33.5. The lowest BCUT2D eigenvalue weighted by Gasteiger charge is -2.18. The van der Waals surface area contributed by atoms with E-state index in [-0.39, 0.29) is 18.5 Å². The molecule has 0 bridgehead atoms. The number of ether oxygens (including phenoxy) is 1. The summed E-state index contributed by atoms with van der Waals surface area (Å²) < 4.78 is 6.04. The maximum absolute atomic E-state index is 12.7. The zero-order chi connectivity index (χ0) is 35.7. The third-order valence-electron chi connectivity index (χ3n) is 10.6. The monoisotopic (exact) mass is 693 g/mol. The highest BCUT2D eigenvalue weighted by atomic mass is 16.5. The highest BCUT2D eigenvalue weighted by Crippen LogP contribution is 2.20. The quantitative estimate of drug-likeness (QED) is 0.0511. The molecule has 292 valence electrons. The van der Waals surface area contributed by atoms with Crippen molar-refractivity contribution in [3.8, 4) is 0 Å². The minimum absolute atomic E-state index is 0.0118. The van der Waals surface area contributed by atoms with E-state index in [1.807, 2.05) is 0 Å². The van der Waals surface area contributed by atoms with Gasteiger partial charge in [-0.25, -0.2) is 0 Å². The third-order valence-corrected chi connectivity index (χ3v) is 10.6. The van der Waals surface area contributed by atoms with Crippen molar-refractivity contribution in [3.63, 3.8) is 0 Å². The van der Waals surface area contributed by atoms with Crippen molar-refractivity contribution < 1.29 is 19.4 Å². The highest BCUT2D eigenvalue weighted by Gasteiger charge is 2.14. The Bertz CT molecular complexity index is 662. The average Bonchev–Trinajstić information content (AvgIpc) is 3.09. The molecular formula is C45H88O4. The van der Waals surface area contributed by atoms with Gasteiger partial charge in [-0.1, -0.05) is 219 Å². The van der Waals surface area contributed by atoms with Gasteiger partial charge < -0.3 is 9.84 Å². The van der Waals surface area contributed by atoms with Crippen molar-refractivity contribution in [2.24, 2.45) is 0 Å². The summed E-state index contributed by atoms with van der Waals surface area (Å²) in [7, 11) is 0. The minimum Gasteiger partial charge on any atom is -0.481 e. The molecule has 0 aliphatic rings. The van der Waals surface area contributed by atoms with E-state index < -0.39 is 5.97 Å². The first-order valence-electron chi connectivity index (χ1n) is 22.5. The van der Waals surface area contributed by atoms with Crippen molar-refractivity contribution in [2.75, 3.05) is 0 Å². The molecule has 0 rings (SSSR count). The van der Waals surface area contributed by atoms with Gasteiger partial charge in [0, 0.05) is 12.8 Å². The Morgan fingerprint density at radius 3 is 0.898 bits per heavy atom. The van der Waals surface area contributed by atoms with Gasteiger partial charge >= 0.3 is 11.9 Å². The largest absolute Gasteiger partial charge is 0.481 e. The lowest BCUT2D eigenvalue weighted by Crippen LogP contribution is -2.18. The molecule has 1 N–H and O–H groups in total. The Labute approximate surface area is 307 Å². The lowest BCUT2D eigenvalue weighted by molar-refractivity contribution is -0.150. The summed E-state index contributed by atoms with van der Waals surface area (Å²) in [4.78, 5) is 23.5. The van der Waals surface area contributed by atoms with Crippen LogP contribution in [0.2, 0.25) is 0 Å². The summed E-state index contributed by atoms with van der Waals surface area (Å²) >= 11 is 0. The van der Waals surface area contributed by atoms with Crippen LogP contribution in [-0.2, 0) is 14.3 Å². The molecule has 0 heterocycles. The van der Waals surface area contributed by atoms with Gasteiger partial charge in [-0.05, 0) is 38.5 Å². The summed E-state index contributed by atoms with van der Waals surface area (Å²) in [6.45, 7) is 4.58. The van der Waals surface area contributed by atoms with Crippen LogP contribution in [-0.4, -0.2) is 23.1 Å². The van der Waals surface area contributed by atoms with Gasteiger partial charge in [0.2, 0.25) is 0 Å². The molecule has 49 heavy (non-hydrogen) atoms. The molecule has 0 spiro atoms. The Morgan fingerprint density at radius 2 is 0.612 bits per heavy atom. The van der Waals surface area contributed by atoms with E-state index in [0.717, 1.165) is 64.2 Å². The molecule has 4 nitrogen and oxygen atoms in total. The minimum atomic E-state index is -0.695. The zero-order valence-corrected chi connectivity index (χ0v) is 33.5. The number of esters is 1. The Hall–Kier alpha value is -1.06. The van der Waals surface area contributed by atoms with Gasteiger partial charge in [-0.2, -0.15) is 0 Å². The Kier molecular flexibility index (Phi) is 40.5. The van der Waals surface area contributed by atoms with Gasteiger partial charge in [-0.15, -0.1) is 0 Å². The first-order chi connectivity index (χ1) is 24.1. The summed E-state index contributed by atoms with van der Waals surface area (Å²) in [5, 5.41) is 8.84. The van der Waals surface area contributed by atoms with E-state index in [1.165, 1.54) is 180 Å².